The van der Waals surface area contributed by atoms with E-state index in [1.54, 1.807) is 6.42 Å². The highest BCUT2D eigenvalue weighted by Gasteiger charge is 2.16. The first-order valence-corrected chi connectivity index (χ1v) is 5.45. The molecule has 0 N–H and O–H groups in total. The lowest BCUT2D eigenvalue weighted by Crippen LogP contribution is -2.33. The molecule has 0 saturated carbocycles. The Bertz CT molecular complexity index is 354. The number of benzene rings is 1. The van der Waals surface area contributed by atoms with Gasteiger partial charge in [-0.3, -0.25) is 9.69 Å². The van der Waals surface area contributed by atoms with Gasteiger partial charge in [-0.15, -0.1) is 0 Å². The Kier molecular flexibility index (Phi) is 3.39. The minimum Gasteiger partial charge on any atom is -0.299 e. The van der Waals surface area contributed by atoms with Crippen LogP contribution in [0.2, 0.25) is 5.02 Å². The Balaban J connectivity index is 1.97. The number of rotatable bonds is 2. The molecule has 0 unspecified atom stereocenters. The van der Waals surface area contributed by atoms with Gasteiger partial charge in [0.25, 0.3) is 0 Å². The van der Waals surface area contributed by atoms with Gasteiger partial charge >= 0.3 is 0 Å². The maximum atomic E-state index is 11.0. The summed E-state index contributed by atoms with van der Waals surface area (Å²) in [6.45, 7) is 2.40. The van der Waals surface area contributed by atoms with Crippen LogP contribution in [0.3, 0.4) is 0 Å². The number of nitrogens with zero attached hydrogens (tertiary/aromatic N) is 1. The van der Waals surface area contributed by atoms with Crippen LogP contribution in [0.1, 0.15) is 12.0 Å². The molecule has 1 aromatic carbocycles. The Morgan fingerprint density at radius 2 is 2.13 bits per heavy atom. The van der Waals surface area contributed by atoms with E-state index < -0.39 is 0 Å². The van der Waals surface area contributed by atoms with E-state index in [1.165, 1.54) is 0 Å². The van der Waals surface area contributed by atoms with Crippen LogP contribution in [0.15, 0.2) is 24.3 Å². The van der Waals surface area contributed by atoms with Gasteiger partial charge in [0.2, 0.25) is 0 Å². The van der Waals surface area contributed by atoms with E-state index in [-0.39, 0.29) is 5.78 Å². The highest BCUT2D eigenvalue weighted by Crippen LogP contribution is 2.18. The Hall–Kier alpha value is -0.860. The molecule has 0 bridgehead atoms. The number of Topliss-reactive ketones (excluding diaryl/α,β-unsaturated/α-hetero) is 1. The van der Waals surface area contributed by atoms with Crippen molar-refractivity contribution in [2.75, 3.05) is 13.1 Å². The van der Waals surface area contributed by atoms with E-state index in [1.807, 2.05) is 24.3 Å². The van der Waals surface area contributed by atoms with Crippen molar-refractivity contribution < 1.29 is 4.79 Å². The normalized spacial score (nSPS) is 18.1. The third-order valence-corrected chi connectivity index (χ3v) is 2.97. The van der Waals surface area contributed by atoms with Crippen molar-refractivity contribution >= 4 is 17.4 Å². The standard InChI is InChI=1S/C12H13ClNO/c13-12-4-2-1-3-10(12)9-14-7-5-11(15)6-8-14/h1-5H,6-9H2. The van der Waals surface area contributed by atoms with Gasteiger partial charge in [-0.05, 0) is 11.6 Å². The summed E-state index contributed by atoms with van der Waals surface area (Å²) in [7, 11) is 0. The monoisotopic (exact) mass is 222 g/mol. The SMILES string of the molecule is O=C1[CH]CN(Cc2ccccc2Cl)CC1. The van der Waals surface area contributed by atoms with Crippen LogP contribution in [-0.2, 0) is 11.3 Å². The number of halogens is 1. The summed E-state index contributed by atoms with van der Waals surface area (Å²) in [6.07, 6.45) is 2.38. The fourth-order valence-corrected chi connectivity index (χ4v) is 1.90. The summed E-state index contributed by atoms with van der Waals surface area (Å²) < 4.78 is 0. The van der Waals surface area contributed by atoms with Gasteiger partial charge in [-0.2, -0.15) is 0 Å². The fraction of sp³-hybridized carbons (Fsp3) is 0.333. The molecule has 1 radical (unpaired) electrons. The first-order chi connectivity index (χ1) is 7.25. The van der Waals surface area contributed by atoms with E-state index in [4.69, 9.17) is 11.6 Å². The van der Waals surface area contributed by atoms with Gasteiger partial charge in [-0.1, -0.05) is 29.8 Å². The molecule has 1 saturated heterocycles. The molecule has 0 atom stereocenters. The van der Waals surface area contributed by atoms with Gasteiger partial charge in [0.1, 0.15) is 5.78 Å². The van der Waals surface area contributed by atoms with Gasteiger partial charge in [-0.25, -0.2) is 0 Å². The maximum Gasteiger partial charge on any atom is 0.139 e. The third-order valence-electron chi connectivity index (χ3n) is 2.60. The first kappa shape index (κ1) is 10.7. The van der Waals surface area contributed by atoms with Crippen molar-refractivity contribution in [3.05, 3.63) is 41.3 Å². The van der Waals surface area contributed by atoms with Crippen LogP contribution in [0.25, 0.3) is 0 Å². The van der Waals surface area contributed by atoms with Crippen molar-refractivity contribution in [1.82, 2.24) is 4.90 Å². The predicted octanol–water partition coefficient (Wildman–Crippen LogP) is 2.32. The molecule has 1 aliphatic heterocycles. The molecule has 1 fully saturated rings. The summed E-state index contributed by atoms with van der Waals surface area (Å²) in [4.78, 5) is 13.2. The van der Waals surface area contributed by atoms with Crippen molar-refractivity contribution in [2.45, 2.75) is 13.0 Å². The van der Waals surface area contributed by atoms with Gasteiger partial charge < -0.3 is 0 Å². The number of hydrogen-bond acceptors (Lipinski definition) is 2. The average Bonchev–Trinajstić information content (AvgIpc) is 2.25. The predicted molar refractivity (Wildman–Crippen MR) is 60.7 cm³/mol. The summed E-state index contributed by atoms with van der Waals surface area (Å²) in [5.74, 6) is 0.255. The zero-order valence-electron chi connectivity index (χ0n) is 8.45. The van der Waals surface area contributed by atoms with Crippen LogP contribution in [0, 0.1) is 6.42 Å². The smallest absolute Gasteiger partial charge is 0.139 e. The molecule has 0 aromatic heterocycles. The lowest BCUT2D eigenvalue weighted by Gasteiger charge is -2.25. The van der Waals surface area contributed by atoms with Crippen molar-refractivity contribution in [1.29, 1.82) is 0 Å². The molecular formula is C12H13ClNO. The lowest BCUT2D eigenvalue weighted by molar-refractivity contribution is -0.117. The van der Waals surface area contributed by atoms with Crippen LogP contribution < -0.4 is 0 Å². The first-order valence-electron chi connectivity index (χ1n) is 5.07. The van der Waals surface area contributed by atoms with Crippen molar-refractivity contribution in [3.63, 3.8) is 0 Å². The van der Waals surface area contributed by atoms with Crippen LogP contribution in [0.4, 0.5) is 0 Å². The second kappa shape index (κ2) is 4.77. The molecule has 1 aliphatic rings. The van der Waals surface area contributed by atoms with E-state index in [2.05, 4.69) is 4.90 Å². The lowest BCUT2D eigenvalue weighted by atomic mass is 10.1. The molecule has 1 aromatic rings. The molecule has 15 heavy (non-hydrogen) atoms. The zero-order valence-corrected chi connectivity index (χ0v) is 9.20. The largest absolute Gasteiger partial charge is 0.299 e. The molecule has 2 nitrogen and oxygen atoms in total. The van der Waals surface area contributed by atoms with E-state index in [0.717, 1.165) is 30.2 Å². The van der Waals surface area contributed by atoms with Crippen LogP contribution in [-0.4, -0.2) is 23.8 Å². The average molecular weight is 223 g/mol. The molecule has 3 heteroatoms. The quantitative estimate of drug-likeness (QED) is 0.766. The molecular weight excluding hydrogens is 210 g/mol. The summed E-state index contributed by atoms with van der Waals surface area (Å²) in [5, 5.41) is 0.800. The fourth-order valence-electron chi connectivity index (χ4n) is 1.70. The Morgan fingerprint density at radius 3 is 2.80 bits per heavy atom. The van der Waals surface area contributed by atoms with E-state index in [9.17, 15) is 4.79 Å². The van der Waals surface area contributed by atoms with Gasteiger partial charge in [0.15, 0.2) is 0 Å². The molecule has 1 heterocycles. The molecule has 0 spiro atoms. The summed E-state index contributed by atoms with van der Waals surface area (Å²) >= 11 is 6.07. The highest BCUT2D eigenvalue weighted by atomic mass is 35.5. The van der Waals surface area contributed by atoms with E-state index >= 15 is 0 Å². The molecule has 2 rings (SSSR count). The minimum absolute atomic E-state index is 0.255. The minimum atomic E-state index is 0.255. The van der Waals surface area contributed by atoms with Crippen molar-refractivity contribution in [2.24, 2.45) is 0 Å². The Morgan fingerprint density at radius 1 is 1.33 bits per heavy atom. The second-order valence-electron chi connectivity index (χ2n) is 3.75. The number of hydrogen-bond donors (Lipinski definition) is 0. The summed E-state index contributed by atoms with van der Waals surface area (Å²) in [6, 6.07) is 7.84. The topological polar surface area (TPSA) is 20.3 Å². The van der Waals surface area contributed by atoms with Gasteiger partial charge in [0.05, 0.1) is 0 Å². The number of ketones is 1. The van der Waals surface area contributed by atoms with Crippen LogP contribution in [0.5, 0.6) is 0 Å². The number of piperidine rings is 1. The number of carbonyl (C=O) groups is 1. The number of carbonyl (C=O) groups excluding carboxylic acids is 1. The second-order valence-corrected chi connectivity index (χ2v) is 4.15. The molecule has 0 amide bonds. The Labute approximate surface area is 94.8 Å². The van der Waals surface area contributed by atoms with Crippen molar-refractivity contribution in [3.8, 4) is 0 Å². The number of likely N-dealkylation sites (tertiary alicyclic amines) is 1. The van der Waals surface area contributed by atoms with Crippen LogP contribution >= 0.6 is 11.6 Å². The van der Waals surface area contributed by atoms with Gasteiger partial charge in [0, 0.05) is 37.5 Å². The van der Waals surface area contributed by atoms with E-state index in [0.29, 0.717) is 6.42 Å². The zero-order chi connectivity index (χ0) is 10.7. The highest BCUT2D eigenvalue weighted by molar-refractivity contribution is 6.31. The third kappa shape index (κ3) is 2.80. The molecule has 0 aliphatic carbocycles. The maximum absolute atomic E-state index is 11.0. The molecule has 79 valence electrons. The summed E-state index contributed by atoms with van der Waals surface area (Å²) in [5.41, 5.74) is 1.13.